The van der Waals surface area contributed by atoms with Crippen molar-refractivity contribution in [1.29, 1.82) is 0 Å². The largest absolute Gasteiger partial charge is 0.481 e. The van der Waals surface area contributed by atoms with Crippen LogP contribution in [0.1, 0.15) is 32.3 Å². The molecule has 1 aromatic carbocycles. The van der Waals surface area contributed by atoms with Crippen molar-refractivity contribution in [1.82, 2.24) is 5.32 Å². The van der Waals surface area contributed by atoms with Gasteiger partial charge in [0.05, 0.1) is 6.61 Å². The lowest BCUT2D eigenvalue weighted by molar-refractivity contribution is -0.127. The van der Waals surface area contributed by atoms with Crippen LogP contribution < -0.4 is 10.1 Å². The second kappa shape index (κ2) is 7.79. The first kappa shape index (κ1) is 15.5. The normalized spacial score (nSPS) is 12.3. The third kappa shape index (κ3) is 4.91. The highest BCUT2D eigenvalue weighted by molar-refractivity contribution is 5.80. The SMILES string of the molecule is COCCNC(=O)[C@H](C)Oc1ccccc1C(C)C. The van der Waals surface area contributed by atoms with Crippen LogP contribution in [0.5, 0.6) is 5.75 Å². The van der Waals surface area contributed by atoms with Gasteiger partial charge in [0, 0.05) is 13.7 Å². The Kier molecular flexibility index (Phi) is 6.36. The van der Waals surface area contributed by atoms with Crippen molar-refractivity contribution in [3.8, 4) is 5.75 Å². The Balaban J connectivity index is 2.61. The molecule has 0 radical (unpaired) electrons. The number of hydrogen-bond acceptors (Lipinski definition) is 3. The van der Waals surface area contributed by atoms with Gasteiger partial charge in [-0.3, -0.25) is 4.79 Å². The number of hydrogen-bond donors (Lipinski definition) is 1. The molecule has 0 spiro atoms. The first-order valence-electron chi connectivity index (χ1n) is 6.58. The molecule has 19 heavy (non-hydrogen) atoms. The van der Waals surface area contributed by atoms with Crippen molar-refractivity contribution in [2.75, 3.05) is 20.3 Å². The molecule has 1 amide bonds. The van der Waals surface area contributed by atoms with Crippen molar-refractivity contribution >= 4 is 5.91 Å². The highest BCUT2D eigenvalue weighted by Crippen LogP contribution is 2.26. The van der Waals surface area contributed by atoms with Crippen molar-refractivity contribution < 1.29 is 14.3 Å². The average molecular weight is 265 g/mol. The Bertz CT molecular complexity index is 404. The molecule has 1 rings (SSSR count). The number of ether oxygens (including phenoxy) is 2. The van der Waals surface area contributed by atoms with Crippen LogP contribution in [0.25, 0.3) is 0 Å². The molecule has 106 valence electrons. The maximum absolute atomic E-state index is 11.8. The van der Waals surface area contributed by atoms with Gasteiger partial charge >= 0.3 is 0 Å². The van der Waals surface area contributed by atoms with E-state index in [9.17, 15) is 4.79 Å². The molecule has 0 aliphatic rings. The van der Waals surface area contributed by atoms with Crippen LogP contribution >= 0.6 is 0 Å². The van der Waals surface area contributed by atoms with E-state index in [1.54, 1.807) is 14.0 Å². The van der Waals surface area contributed by atoms with E-state index in [-0.39, 0.29) is 5.91 Å². The highest BCUT2D eigenvalue weighted by atomic mass is 16.5. The van der Waals surface area contributed by atoms with Crippen LogP contribution in [0.2, 0.25) is 0 Å². The van der Waals surface area contributed by atoms with Crippen molar-refractivity contribution in [2.24, 2.45) is 0 Å². The average Bonchev–Trinajstić information content (AvgIpc) is 2.39. The van der Waals surface area contributed by atoms with Gasteiger partial charge in [0.25, 0.3) is 5.91 Å². The van der Waals surface area contributed by atoms with Crippen LogP contribution in [0, 0.1) is 0 Å². The zero-order valence-electron chi connectivity index (χ0n) is 12.1. The van der Waals surface area contributed by atoms with E-state index in [4.69, 9.17) is 9.47 Å². The standard InChI is InChI=1S/C15H23NO3/c1-11(2)13-7-5-6-8-14(13)19-12(3)15(17)16-9-10-18-4/h5-8,11-12H,9-10H2,1-4H3,(H,16,17)/t12-/m0/s1. The number of carbonyl (C=O) groups excluding carboxylic acids is 1. The monoisotopic (exact) mass is 265 g/mol. The van der Waals surface area contributed by atoms with Crippen LogP contribution in [0.3, 0.4) is 0 Å². The van der Waals surface area contributed by atoms with Gasteiger partial charge in [0.15, 0.2) is 6.10 Å². The Hall–Kier alpha value is -1.55. The summed E-state index contributed by atoms with van der Waals surface area (Å²) in [5, 5.41) is 2.76. The molecule has 0 unspecified atom stereocenters. The van der Waals surface area contributed by atoms with Crippen LogP contribution in [-0.2, 0) is 9.53 Å². The van der Waals surface area contributed by atoms with E-state index in [0.717, 1.165) is 11.3 Å². The number of amides is 1. The fourth-order valence-electron chi connectivity index (χ4n) is 1.73. The number of carbonyl (C=O) groups is 1. The summed E-state index contributed by atoms with van der Waals surface area (Å²) in [6.07, 6.45) is -0.517. The summed E-state index contributed by atoms with van der Waals surface area (Å²) in [6.45, 7) is 6.95. The predicted molar refractivity (Wildman–Crippen MR) is 75.5 cm³/mol. The van der Waals surface area contributed by atoms with E-state index in [0.29, 0.717) is 19.1 Å². The summed E-state index contributed by atoms with van der Waals surface area (Å²) in [5.74, 6) is 1.00. The van der Waals surface area contributed by atoms with Crippen molar-refractivity contribution in [2.45, 2.75) is 32.8 Å². The van der Waals surface area contributed by atoms with Crippen LogP contribution in [0.15, 0.2) is 24.3 Å². The Morgan fingerprint density at radius 2 is 1.95 bits per heavy atom. The van der Waals surface area contributed by atoms with Gasteiger partial charge in [-0.05, 0) is 24.5 Å². The number of para-hydroxylation sites is 1. The van der Waals surface area contributed by atoms with Gasteiger partial charge < -0.3 is 14.8 Å². The Morgan fingerprint density at radius 3 is 2.58 bits per heavy atom. The van der Waals surface area contributed by atoms with E-state index >= 15 is 0 Å². The van der Waals surface area contributed by atoms with Gasteiger partial charge in [-0.1, -0.05) is 32.0 Å². The third-order valence-electron chi connectivity index (χ3n) is 2.82. The highest BCUT2D eigenvalue weighted by Gasteiger charge is 2.16. The van der Waals surface area contributed by atoms with Crippen molar-refractivity contribution in [3.05, 3.63) is 29.8 Å². The second-order valence-corrected chi connectivity index (χ2v) is 4.74. The topological polar surface area (TPSA) is 47.6 Å². The molecule has 0 fully saturated rings. The molecule has 4 heteroatoms. The minimum Gasteiger partial charge on any atom is -0.481 e. The Morgan fingerprint density at radius 1 is 1.26 bits per heavy atom. The lowest BCUT2D eigenvalue weighted by atomic mass is 10.0. The summed E-state index contributed by atoms with van der Waals surface area (Å²) in [4.78, 5) is 11.8. The van der Waals surface area contributed by atoms with Gasteiger partial charge in [0.2, 0.25) is 0 Å². The van der Waals surface area contributed by atoms with Gasteiger partial charge in [-0.25, -0.2) is 0 Å². The van der Waals surface area contributed by atoms with Crippen LogP contribution in [0.4, 0.5) is 0 Å². The number of nitrogens with one attached hydrogen (secondary N) is 1. The molecule has 4 nitrogen and oxygen atoms in total. The number of benzene rings is 1. The molecule has 1 aromatic rings. The summed E-state index contributed by atoms with van der Waals surface area (Å²) < 4.78 is 10.6. The molecule has 0 aromatic heterocycles. The van der Waals surface area contributed by atoms with E-state index in [2.05, 4.69) is 19.2 Å². The zero-order chi connectivity index (χ0) is 14.3. The predicted octanol–water partition coefficient (Wildman–Crippen LogP) is 2.34. The minimum atomic E-state index is -0.517. The summed E-state index contributed by atoms with van der Waals surface area (Å²) in [5.41, 5.74) is 1.11. The molecular weight excluding hydrogens is 242 g/mol. The molecule has 0 saturated heterocycles. The molecule has 0 aliphatic carbocycles. The molecule has 1 N–H and O–H groups in total. The van der Waals surface area contributed by atoms with E-state index in [1.165, 1.54) is 0 Å². The van der Waals surface area contributed by atoms with Gasteiger partial charge in [0.1, 0.15) is 5.75 Å². The summed E-state index contributed by atoms with van der Waals surface area (Å²) in [6, 6.07) is 7.81. The maximum Gasteiger partial charge on any atom is 0.260 e. The molecule has 0 bridgehead atoms. The van der Waals surface area contributed by atoms with E-state index < -0.39 is 6.10 Å². The molecule has 0 heterocycles. The quantitative estimate of drug-likeness (QED) is 0.770. The summed E-state index contributed by atoms with van der Waals surface area (Å²) >= 11 is 0. The third-order valence-corrected chi connectivity index (χ3v) is 2.82. The smallest absolute Gasteiger partial charge is 0.260 e. The summed E-state index contributed by atoms with van der Waals surface area (Å²) in [7, 11) is 1.60. The molecule has 1 atom stereocenters. The molecular formula is C15H23NO3. The number of methoxy groups -OCH3 is 1. The maximum atomic E-state index is 11.8. The first-order chi connectivity index (χ1) is 9.06. The van der Waals surface area contributed by atoms with Gasteiger partial charge in [-0.2, -0.15) is 0 Å². The molecule has 0 saturated carbocycles. The lowest BCUT2D eigenvalue weighted by Crippen LogP contribution is -2.38. The zero-order valence-corrected chi connectivity index (χ0v) is 12.1. The minimum absolute atomic E-state index is 0.129. The molecule has 0 aliphatic heterocycles. The fourth-order valence-corrected chi connectivity index (χ4v) is 1.73. The van der Waals surface area contributed by atoms with E-state index in [1.807, 2.05) is 24.3 Å². The first-order valence-corrected chi connectivity index (χ1v) is 6.58. The van der Waals surface area contributed by atoms with Crippen LogP contribution in [-0.4, -0.2) is 32.3 Å². The lowest BCUT2D eigenvalue weighted by Gasteiger charge is -2.18. The van der Waals surface area contributed by atoms with Crippen molar-refractivity contribution in [3.63, 3.8) is 0 Å². The number of rotatable bonds is 7. The van der Waals surface area contributed by atoms with Gasteiger partial charge in [-0.15, -0.1) is 0 Å². The Labute approximate surface area is 115 Å². The fraction of sp³-hybridized carbons (Fsp3) is 0.533. The second-order valence-electron chi connectivity index (χ2n) is 4.74.